The van der Waals surface area contributed by atoms with Gasteiger partial charge in [0, 0.05) is 38.4 Å². The first-order chi connectivity index (χ1) is 14.2. The van der Waals surface area contributed by atoms with Crippen molar-refractivity contribution in [3.8, 4) is 5.75 Å². The molecule has 0 unspecified atom stereocenters. The molecule has 0 spiro atoms. The minimum atomic E-state index is -0.0516. The number of nitrogens with zero attached hydrogens (tertiary/aromatic N) is 2. The number of ether oxygens (including phenoxy) is 1. The SMILES string of the molecule is CC[C@H](C(=O)NCCCN1CCN(c2ccc(OC)cc2)CC1)c1ccccc1. The normalized spacial score (nSPS) is 15.7. The van der Waals surface area contributed by atoms with Gasteiger partial charge in [-0.3, -0.25) is 9.69 Å². The van der Waals surface area contributed by atoms with Gasteiger partial charge in [0.05, 0.1) is 13.0 Å². The lowest BCUT2D eigenvalue weighted by molar-refractivity contribution is -0.122. The summed E-state index contributed by atoms with van der Waals surface area (Å²) in [5.74, 6) is 0.985. The molecule has 0 aliphatic carbocycles. The van der Waals surface area contributed by atoms with Gasteiger partial charge in [0.25, 0.3) is 0 Å². The van der Waals surface area contributed by atoms with Crippen molar-refractivity contribution in [3.63, 3.8) is 0 Å². The number of anilines is 1. The molecule has 5 nitrogen and oxygen atoms in total. The van der Waals surface area contributed by atoms with Crippen molar-refractivity contribution >= 4 is 11.6 Å². The van der Waals surface area contributed by atoms with E-state index in [0.29, 0.717) is 0 Å². The second-order valence-electron chi connectivity index (χ2n) is 7.54. The maximum atomic E-state index is 12.5. The number of benzene rings is 2. The van der Waals surface area contributed by atoms with Crippen molar-refractivity contribution in [2.24, 2.45) is 0 Å². The topological polar surface area (TPSA) is 44.8 Å². The van der Waals surface area contributed by atoms with Crippen LogP contribution < -0.4 is 15.0 Å². The Bertz CT molecular complexity index is 740. The standard InChI is InChI=1S/C24H33N3O2/c1-3-23(20-8-5-4-6-9-20)24(28)25-14-7-15-26-16-18-27(19-17-26)21-10-12-22(29-2)13-11-21/h4-6,8-13,23H,3,7,14-19H2,1-2H3,(H,25,28)/t23-/m0/s1. The highest BCUT2D eigenvalue weighted by Gasteiger charge is 2.19. The predicted molar refractivity (Wildman–Crippen MR) is 119 cm³/mol. The van der Waals surface area contributed by atoms with Gasteiger partial charge in [0.2, 0.25) is 5.91 Å². The van der Waals surface area contributed by atoms with Gasteiger partial charge in [-0.15, -0.1) is 0 Å². The zero-order valence-corrected chi connectivity index (χ0v) is 17.6. The van der Waals surface area contributed by atoms with Crippen LogP contribution in [-0.2, 0) is 4.79 Å². The highest BCUT2D eigenvalue weighted by molar-refractivity contribution is 5.83. The molecule has 156 valence electrons. The van der Waals surface area contributed by atoms with E-state index >= 15 is 0 Å². The van der Waals surface area contributed by atoms with E-state index in [-0.39, 0.29) is 11.8 Å². The average molecular weight is 396 g/mol. The molecule has 1 aliphatic heterocycles. The summed E-state index contributed by atoms with van der Waals surface area (Å²) in [6.45, 7) is 8.01. The van der Waals surface area contributed by atoms with Crippen LogP contribution in [0.2, 0.25) is 0 Å². The average Bonchev–Trinajstić information content (AvgIpc) is 2.78. The second-order valence-corrected chi connectivity index (χ2v) is 7.54. The molecule has 29 heavy (non-hydrogen) atoms. The van der Waals surface area contributed by atoms with E-state index in [1.54, 1.807) is 7.11 Å². The zero-order valence-electron chi connectivity index (χ0n) is 17.6. The van der Waals surface area contributed by atoms with Crippen LogP contribution in [0.1, 0.15) is 31.2 Å². The summed E-state index contributed by atoms with van der Waals surface area (Å²) in [6.07, 6.45) is 1.81. The number of hydrogen-bond acceptors (Lipinski definition) is 4. The fourth-order valence-electron chi connectivity index (χ4n) is 3.92. The largest absolute Gasteiger partial charge is 0.497 e. The summed E-state index contributed by atoms with van der Waals surface area (Å²) in [4.78, 5) is 17.4. The Morgan fingerprint density at radius 1 is 1.03 bits per heavy atom. The first-order valence-corrected chi connectivity index (χ1v) is 10.6. The lowest BCUT2D eigenvalue weighted by atomic mass is 9.96. The molecule has 1 aliphatic rings. The third kappa shape index (κ3) is 5.97. The quantitative estimate of drug-likeness (QED) is 0.660. The monoisotopic (exact) mass is 395 g/mol. The molecule has 1 atom stereocenters. The molecule has 2 aromatic carbocycles. The molecular formula is C24H33N3O2. The summed E-state index contributed by atoms with van der Waals surface area (Å²) in [5.41, 5.74) is 2.35. The van der Waals surface area contributed by atoms with Crippen LogP contribution in [0.4, 0.5) is 5.69 Å². The third-order valence-corrected chi connectivity index (χ3v) is 5.69. The van der Waals surface area contributed by atoms with Gasteiger partial charge < -0.3 is 15.0 Å². The van der Waals surface area contributed by atoms with E-state index in [9.17, 15) is 4.79 Å². The molecule has 1 heterocycles. The molecule has 0 radical (unpaired) electrons. The van der Waals surface area contributed by atoms with Crippen LogP contribution in [0.25, 0.3) is 0 Å². The van der Waals surface area contributed by atoms with Gasteiger partial charge in [0.1, 0.15) is 5.75 Å². The van der Waals surface area contributed by atoms with Gasteiger partial charge in [0.15, 0.2) is 0 Å². The zero-order chi connectivity index (χ0) is 20.5. The van der Waals surface area contributed by atoms with Crippen molar-refractivity contribution in [3.05, 3.63) is 60.2 Å². The summed E-state index contributed by atoms with van der Waals surface area (Å²) in [7, 11) is 1.69. The molecule has 0 aromatic heterocycles. The van der Waals surface area contributed by atoms with Crippen molar-refractivity contribution in [1.29, 1.82) is 0 Å². The Hall–Kier alpha value is -2.53. The molecule has 1 fully saturated rings. The maximum Gasteiger partial charge on any atom is 0.227 e. The van der Waals surface area contributed by atoms with Gasteiger partial charge >= 0.3 is 0 Å². The van der Waals surface area contributed by atoms with Gasteiger partial charge in [-0.2, -0.15) is 0 Å². The summed E-state index contributed by atoms with van der Waals surface area (Å²) in [6, 6.07) is 18.3. The number of nitrogens with one attached hydrogen (secondary N) is 1. The Morgan fingerprint density at radius 2 is 1.72 bits per heavy atom. The van der Waals surface area contributed by atoms with E-state index in [0.717, 1.165) is 63.4 Å². The summed E-state index contributed by atoms with van der Waals surface area (Å²) >= 11 is 0. The first kappa shape index (κ1) is 21.2. The molecule has 1 saturated heterocycles. The number of methoxy groups -OCH3 is 1. The lowest BCUT2D eigenvalue weighted by Crippen LogP contribution is -2.47. The second kappa shape index (κ2) is 10.9. The minimum absolute atomic E-state index is 0.0516. The Labute approximate surface area is 174 Å². The van der Waals surface area contributed by atoms with E-state index in [2.05, 4.69) is 34.2 Å². The molecule has 0 saturated carbocycles. The number of piperazine rings is 1. The van der Waals surface area contributed by atoms with Crippen LogP contribution >= 0.6 is 0 Å². The van der Waals surface area contributed by atoms with Crippen molar-refractivity contribution in [2.75, 3.05) is 51.3 Å². The Kier molecular flexibility index (Phi) is 7.94. The number of carbonyl (C=O) groups excluding carboxylic acids is 1. The van der Waals surface area contributed by atoms with Gasteiger partial charge in [-0.25, -0.2) is 0 Å². The number of carbonyl (C=O) groups is 1. The van der Waals surface area contributed by atoms with E-state index < -0.39 is 0 Å². The van der Waals surface area contributed by atoms with Crippen LogP contribution in [0.15, 0.2) is 54.6 Å². The predicted octanol–water partition coefficient (Wildman–Crippen LogP) is 3.52. The Balaban J connectivity index is 1.35. The van der Waals surface area contributed by atoms with Gasteiger partial charge in [-0.05, 0) is 49.2 Å². The van der Waals surface area contributed by atoms with Gasteiger partial charge in [-0.1, -0.05) is 37.3 Å². The molecule has 2 aromatic rings. The van der Waals surface area contributed by atoms with Crippen molar-refractivity contribution in [1.82, 2.24) is 10.2 Å². The maximum absolute atomic E-state index is 12.5. The fraction of sp³-hybridized carbons (Fsp3) is 0.458. The molecule has 5 heteroatoms. The minimum Gasteiger partial charge on any atom is -0.497 e. The lowest BCUT2D eigenvalue weighted by Gasteiger charge is -2.36. The molecule has 0 bridgehead atoms. The third-order valence-electron chi connectivity index (χ3n) is 5.69. The smallest absolute Gasteiger partial charge is 0.227 e. The first-order valence-electron chi connectivity index (χ1n) is 10.6. The molecule has 1 N–H and O–H groups in total. The fourth-order valence-corrected chi connectivity index (χ4v) is 3.92. The highest BCUT2D eigenvalue weighted by atomic mass is 16.5. The van der Waals surface area contributed by atoms with Crippen LogP contribution in [0, 0.1) is 0 Å². The molecule has 1 amide bonds. The number of rotatable bonds is 9. The number of amides is 1. The highest BCUT2D eigenvalue weighted by Crippen LogP contribution is 2.21. The van der Waals surface area contributed by atoms with E-state index in [4.69, 9.17) is 4.74 Å². The number of hydrogen-bond donors (Lipinski definition) is 1. The van der Waals surface area contributed by atoms with Crippen molar-refractivity contribution < 1.29 is 9.53 Å². The van der Waals surface area contributed by atoms with Crippen LogP contribution in [0.3, 0.4) is 0 Å². The van der Waals surface area contributed by atoms with E-state index in [1.165, 1.54) is 5.69 Å². The van der Waals surface area contributed by atoms with Crippen molar-refractivity contribution in [2.45, 2.75) is 25.7 Å². The van der Waals surface area contributed by atoms with E-state index in [1.807, 2.05) is 42.5 Å². The summed E-state index contributed by atoms with van der Waals surface area (Å²) < 4.78 is 5.24. The summed E-state index contributed by atoms with van der Waals surface area (Å²) in [5, 5.41) is 3.13. The Morgan fingerprint density at radius 3 is 2.34 bits per heavy atom. The molecule has 3 rings (SSSR count). The molecular weight excluding hydrogens is 362 g/mol. The van der Waals surface area contributed by atoms with Crippen LogP contribution in [0.5, 0.6) is 5.75 Å². The van der Waals surface area contributed by atoms with Crippen LogP contribution in [-0.4, -0.2) is 57.2 Å².